The van der Waals surface area contributed by atoms with Crippen LogP contribution in [0.5, 0.6) is 0 Å². The lowest BCUT2D eigenvalue weighted by Gasteiger charge is -2.15. The third-order valence-corrected chi connectivity index (χ3v) is 3.15. The molecule has 1 heterocycles. The Morgan fingerprint density at radius 3 is 2.88 bits per heavy atom. The molecule has 0 amide bonds. The maximum Gasteiger partial charge on any atom is 0.180 e. The fourth-order valence-electron chi connectivity index (χ4n) is 1.66. The molecule has 0 aliphatic heterocycles. The average Bonchev–Trinajstić information content (AvgIpc) is 2.63. The number of thiazole rings is 1. The van der Waals surface area contributed by atoms with E-state index in [9.17, 15) is 4.39 Å². The van der Waals surface area contributed by atoms with Gasteiger partial charge in [0.25, 0.3) is 0 Å². The van der Waals surface area contributed by atoms with Gasteiger partial charge in [-0.3, -0.25) is 4.90 Å². The van der Waals surface area contributed by atoms with Crippen LogP contribution in [0.1, 0.15) is 10.4 Å². The van der Waals surface area contributed by atoms with Crippen LogP contribution in [0, 0.1) is 5.82 Å². The Hall–Kier alpha value is -1.46. The molecule has 0 saturated carbocycles. The van der Waals surface area contributed by atoms with Crippen molar-refractivity contribution in [1.82, 2.24) is 9.88 Å². The SMILES string of the molecule is CN(Cc1cccc(F)c1)Cc1cnc(N)s1. The summed E-state index contributed by atoms with van der Waals surface area (Å²) in [7, 11) is 1.99. The predicted octanol–water partition coefficient (Wildman–Crippen LogP) is 2.50. The van der Waals surface area contributed by atoms with Gasteiger partial charge in [-0.25, -0.2) is 9.37 Å². The maximum absolute atomic E-state index is 13.0. The smallest absolute Gasteiger partial charge is 0.180 e. The molecule has 0 spiro atoms. The average molecular weight is 251 g/mol. The van der Waals surface area contributed by atoms with E-state index in [4.69, 9.17) is 5.73 Å². The van der Waals surface area contributed by atoms with Gasteiger partial charge in [0.15, 0.2) is 5.13 Å². The van der Waals surface area contributed by atoms with Gasteiger partial charge in [0.1, 0.15) is 5.82 Å². The van der Waals surface area contributed by atoms with E-state index in [2.05, 4.69) is 9.88 Å². The molecule has 0 aliphatic rings. The number of halogens is 1. The quantitative estimate of drug-likeness (QED) is 0.907. The zero-order chi connectivity index (χ0) is 12.3. The summed E-state index contributed by atoms with van der Waals surface area (Å²) < 4.78 is 13.0. The topological polar surface area (TPSA) is 42.2 Å². The molecule has 17 heavy (non-hydrogen) atoms. The highest BCUT2D eigenvalue weighted by Crippen LogP contribution is 2.17. The maximum atomic E-state index is 13.0. The van der Waals surface area contributed by atoms with E-state index in [1.54, 1.807) is 18.3 Å². The summed E-state index contributed by atoms with van der Waals surface area (Å²) in [6.07, 6.45) is 1.78. The van der Waals surface area contributed by atoms with Crippen molar-refractivity contribution in [3.63, 3.8) is 0 Å². The van der Waals surface area contributed by atoms with E-state index in [0.29, 0.717) is 11.7 Å². The Kier molecular flexibility index (Phi) is 3.71. The van der Waals surface area contributed by atoms with Crippen LogP contribution in [-0.2, 0) is 13.1 Å². The second kappa shape index (κ2) is 5.25. The fraction of sp³-hybridized carbons (Fsp3) is 0.250. The van der Waals surface area contributed by atoms with E-state index >= 15 is 0 Å². The summed E-state index contributed by atoms with van der Waals surface area (Å²) in [4.78, 5) is 7.21. The standard InChI is InChI=1S/C12H14FN3S/c1-16(8-11-6-15-12(14)17-11)7-9-3-2-4-10(13)5-9/h2-6H,7-8H2,1H3,(H2,14,15). The normalized spacial score (nSPS) is 11.0. The van der Waals surface area contributed by atoms with Gasteiger partial charge >= 0.3 is 0 Å². The van der Waals surface area contributed by atoms with Crippen molar-refractivity contribution < 1.29 is 4.39 Å². The number of benzene rings is 1. The molecule has 2 rings (SSSR count). The summed E-state index contributed by atoms with van der Waals surface area (Å²) >= 11 is 1.48. The third kappa shape index (κ3) is 3.51. The van der Waals surface area contributed by atoms with Gasteiger partial charge < -0.3 is 5.73 Å². The molecular formula is C12H14FN3S. The van der Waals surface area contributed by atoms with E-state index in [-0.39, 0.29) is 5.82 Å². The van der Waals surface area contributed by atoms with E-state index in [0.717, 1.165) is 17.0 Å². The molecule has 1 aromatic carbocycles. The third-order valence-electron chi connectivity index (χ3n) is 2.34. The van der Waals surface area contributed by atoms with Gasteiger partial charge in [0.2, 0.25) is 0 Å². The van der Waals surface area contributed by atoms with Gasteiger partial charge in [-0.2, -0.15) is 0 Å². The molecule has 0 atom stereocenters. The molecular weight excluding hydrogens is 237 g/mol. The van der Waals surface area contributed by atoms with Gasteiger partial charge in [0, 0.05) is 24.2 Å². The van der Waals surface area contributed by atoms with Crippen LogP contribution >= 0.6 is 11.3 Å². The molecule has 90 valence electrons. The van der Waals surface area contributed by atoms with Gasteiger partial charge in [-0.05, 0) is 24.7 Å². The molecule has 0 bridgehead atoms. The lowest BCUT2D eigenvalue weighted by atomic mass is 10.2. The minimum atomic E-state index is -0.196. The predicted molar refractivity (Wildman–Crippen MR) is 68.1 cm³/mol. The first-order valence-corrected chi connectivity index (χ1v) is 6.08. The molecule has 2 N–H and O–H groups in total. The zero-order valence-electron chi connectivity index (χ0n) is 9.56. The number of hydrogen-bond acceptors (Lipinski definition) is 4. The number of hydrogen-bond donors (Lipinski definition) is 1. The first-order valence-electron chi connectivity index (χ1n) is 5.26. The van der Waals surface area contributed by atoms with Crippen LogP contribution in [0.4, 0.5) is 9.52 Å². The number of nitrogens with zero attached hydrogens (tertiary/aromatic N) is 2. The highest BCUT2D eigenvalue weighted by molar-refractivity contribution is 7.15. The molecule has 0 fully saturated rings. The molecule has 0 unspecified atom stereocenters. The molecule has 3 nitrogen and oxygen atoms in total. The number of nitrogens with two attached hydrogens (primary N) is 1. The number of rotatable bonds is 4. The minimum absolute atomic E-state index is 0.196. The molecule has 2 aromatic rings. The first-order chi connectivity index (χ1) is 8.13. The molecule has 0 radical (unpaired) electrons. The zero-order valence-corrected chi connectivity index (χ0v) is 10.4. The van der Waals surface area contributed by atoms with Crippen LogP contribution in [0.2, 0.25) is 0 Å². The lowest BCUT2D eigenvalue weighted by molar-refractivity contribution is 0.321. The van der Waals surface area contributed by atoms with Gasteiger partial charge in [0.05, 0.1) is 0 Å². The van der Waals surface area contributed by atoms with E-state index < -0.39 is 0 Å². The van der Waals surface area contributed by atoms with Crippen LogP contribution < -0.4 is 5.73 Å². The number of nitrogen functional groups attached to an aromatic ring is 1. The fourth-order valence-corrected chi connectivity index (χ4v) is 2.43. The van der Waals surface area contributed by atoms with Crippen LogP contribution in [0.25, 0.3) is 0 Å². The first kappa shape index (κ1) is 12.0. The van der Waals surface area contributed by atoms with E-state index in [1.165, 1.54) is 17.4 Å². The van der Waals surface area contributed by atoms with Crippen molar-refractivity contribution in [2.75, 3.05) is 12.8 Å². The summed E-state index contributed by atoms with van der Waals surface area (Å²) in [5.74, 6) is -0.196. The van der Waals surface area contributed by atoms with E-state index in [1.807, 2.05) is 13.1 Å². The Bertz CT molecular complexity index is 498. The van der Waals surface area contributed by atoms with Crippen molar-refractivity contribution >= 4 is 16.5 Å². The van der Waals surface area contributed by atoms with Crippen molar-refractivity contribution in [3.8, 4) is 0 Å². The second-order valence-electron chi connectivity index (χ2n) is 3.97. The van der Waals surface area contributed by atoms with Crippen molar-refractivity contribution in [2.45, 2.75) is 13.1 Å². The van der Waals surface area contributed by atoms with Crippen molar-refractivity contribution in [1.29, 1.82) is 0 Å². The summed E-state index contributed by atoms with van der Waals surface area (Å²) in [5, 5.41) is 0.583. The lowest BCUT2D eigenvalue weighted by Crippen LogP contribution is -2.16. The van der Waals surface area contributed by atoms with Crippen molar-refractivity contribution in [3.05, 3.63) is 46.7 Å². The molecule has 1 aromatic heterocycles. The molecule has 5 heteroatoms. The largest absolute Gasteiger partial charge is 0.375 e. The summed E-state index contributed by atoms with van der Waals surface area (Å²) in [5.41, 5.74) is 6.53. The summed E-state index contributed by atoms with van der Waals surface area (Å²) in [6, 6.07) is 6.65. The second-order valence-corrected chi connectivity index (χ2v) is 5.11. The monoisotopic (exact) mass is 251 g/mol. The van der Waals surface area contributed by atoms with Gasteiger partial charge in [-0.15, -0.1) is 11.3 Å². The Morgan fingerprint density at radius 1 is 1.41 bits per heavy atom. The number of aromatic nitrogens is 1. The molecule has 0 saturated heterocycles. The number of anilines is 1. The van der Waals surface area contributed by atoms with Gasteiger partial charge in [-0.1, -0.05) is 12.1 Å². The summed E-state index contributed by atoms with van der Waals surface area (Å²) in [6.45, 7) is 1.47. The van der Waals surface area contributed by atoms with Crippen LogP contribution in [-0.4, -0.2) is 16.9 Å². The Balaban J connectivity index is 1.95. The van der Waals surface area contributed by atoms with Crippen LogP contribution in [0.3, 0.4) is 0 Å². The highest BCUT2D eigenvalue weighted by Gasteiger charge is 2.05. The van der Waals surface area contributed by atoms with Crippen molar-refractivity contribution in [2.24, 2.45) is 0 Å². The minimum Gasteiger partial charge on any atom is -0.375 e. The Labute approximate surface area is 104 Å². The van der Waals surface area contributed by atoms with Crippen LogP contribution in [0.15, 0.2) is 30.5 Å². The Morgan fingerprint density at radius 2 is 2.24 bits per heavy atom. The highest BCUT2D eigenvalue weighted by atomic mass is 32.1. The molecule has 0 aliphatic carbocycles.